The Morgan fingerprint density at radius 2 is 1.56 bits per heavy atom. The van der Waals surface area contributed by atoms with Crippen molar-refractivity contribution in [2.75, 3.05) is 5.32 Å². The first-order valence-electron chi connectivity index (χ1n) is 8.58. The normalized spacial score (nSPS) is 11.2. The van der Waals surface area contributed by atoms with E-state index in [1.54, 1.807) is 12.1 Å². The predicted octanol–water partition coefficient (Wildman–Crippen LogP) is 5.66. The summed E-state index contributed by atoms with van der Waals surface area (Å²) in [5, 5.41) is 13.7. The molecule has 0 aliphatic carbocycles. The molecule has 1 heterocycles. The van der Waals surface area contributed by atoms with Crippen LogP contribution in [0.1, 0.15) is 46.4 Å². The second-order valence-corrected chi connectivity index (χ2v) is 8.27. The van der Waals surface area contributed by atoms with E-state index in [0.29, 0.717) is 10.6 Å². The van der Waals surface area contributed by atoms with Gasteiger partial charge >= 0.3 is 5.97 Å². The lowest BCUT2D eigenvalue weighted by Gasteiger charge is -2.19. The zero-order valence-electron chi connectivity index (χ0n) is 15.4. The van der Waals surface area contributed by atoms with Crippen LogP contribution < -0.4 is 5.32 Å². The Labute approximate surface area is 162 Å². The minimum atomic E-state index is -0.992. The van der Waals surface area contributed by atoms with Crippen LogP contribution in [-0.2, 0) is 5.41 Å². The number of carboxylic acids is 1. The molecule has 0 atom stereocenters. The molecule has 4 nitrogen and oxygen atoms in total. The van der Waals surface area contributed by atoms with E-state index in [9.17, 15) is 9.59 Å². The summed E-state index contributed by atoms with van der Waals surface area (Å²) in [6.07, 6.45) is 0. The number of thiophene rings is 1. The lowest BCUT2D eigenvalue weighted by atomic mass is 9.86. The maximum absolute atomic E-state index is 12.4. The highest BCUT2D eigenvalue weighted by Gasteiger charge is 2.14. The van der Waals surface area contributed by atoms with Gasteiger partial charge in [0, 0.05) is 5.69 Å². The van der Waals surface area contributed by atoms with Gasteiger partial charge in [0.2, 0.25) is 0 Å². The molecule has 138 valence electrons. The quantitative estimate of drug-likeness (QED) is 0.614. The van der Waals surface area contributed by atoms with Gasteiger partial charge in [-0.3, -0.25) is 4.79 Å². The standard InChI is InChI=1S/C22H21NO3S/c1-22(2,3)17-8-4-14(5-9-17)16-12-19(27-13-16)20(24)23-18-10-6-15(7-11-18)21(25)26/h4-13H,1-3H3,(H,23,24)(H,25,26). The minimum absolute atomic E-state index is 0.106. The number of carboxylic acid groups (broad SMARTS) is 1. The van der Waals surface area contributed by atoms with Gasteiger partial charge in [-0.1, -0.05) is 45.0 Å². The summed E-state index contributed by atoms with van der Waals surface area (Å²) >= 11 is 1.38. The maximum Gasteiger partial charge on any atom is 0.335 e. The molecule has 0 unspecified atom stereocenters. The second kappa shape index (κ2) is 7.37. The van der Waals surface area contributed by atoms with Gasteiger partial charge in [-0.2, -0.15) is 0 Å². The molecule has 0 fully saturated rings. The van der Waals surface area contributed by atoms with Crippen molar-refractivity contribution in [3.05, 3.63) is 76.0 Å². The molecule has 5 heteroatoms. The van der Waals surface area contributed by atoms with Crippen molar-refractivity contribution in [1.29, 1.82) is 0 Å². The number of anilines is 1. The van der Waals surface area contributed by atoms with Gasteiger partial charge in [-0.05, 0) is 57.8 Å². The number of nitrogens with one attached hydrogen (secondary N) is 1. The van der Waals surface area contributed by atoms with Gasteiger partial charge < -0.3 is 10.4 Å². The Morgan fingerprint density at radius 3 is 2.11 bits per heavy atom. The van der Waals surface area contributed by atoms with Gasteiger partial charge in [-0.15, -0.1) is 11.3 Å². The van der Waals surface area contributed by atoms with Gasteiger partial charge in [0.05, 0.1) is 10.4 Å². The number of rotatable bonds is 4. The van der Waals surface area contributed by atoms with Crippen molar-refractivity contribution in [1.82, 2.24) is 0 Å². The number of carbonyl (C=O) groups is 2. The van der Waals surface area contributed by atoms with Crippen LogP contribution in [0.25, 0.3) is 11.1 Å². The summed E-state index contributed by atoms with van der Waals surface area (Å²) in [5.41, 5.74) is 4.20. The van der Waals surface area contributed by atoms with Gasteiger partial charge in [-0.25, -0.2) is 4.79 Å². The van der Waals surface area contributed by atoms with E-state index in [-0.39, 0.29) is 16.9 Å². The number of carbonyl (C=O) groups excluding carboxylic acids is 1. The average Bonchev–Trinajstić information content (AvgIpc) is 3.12. The summed E-state index contributed by atoms with van der Waals surface area (Å²) in [5.74, 6) is -1.20. The third-order valence-corrected chi connectivity index (χ3v) is 5.23. The Kier molecular flexibility index (Phi) is 5.15. The Bertz CT molecular complexity index is 964. The minimum Gasteiger partial charge on any atom is -0.478 e. The third-order valence-electron chi connectivity index (χ3n) is 4.30. The highest BCUT2D eigenvalue weighted by Crippen LogP contribution is 2.29. The summed E-state index contributed by atoms with van der Waals surface area (Å²) < 4.78 is 0. The molecule has 0 spiro atoms. The number of amides is 1. The molecule has 3 aromatic rings. The number of aromatic carboxylic acids is 1. The predicted molar refractivity (Wildman–Crippen MR) is 110 cm³/mol. The second-order valence-electron chi connectivity index (χ2n) is 7.36. The maximum atomic E-state index is 12.4. The van der Waals surface area contributed by atoms with Crippen LogP contribution in [0.2, 0.25) is 0 Å². The Balaban J connectivity index is 1.73. The van der Waals surface area contributed by atoms with Gasteiger partial charge in [0.15, 0.2) is 0 Å². The van der Waals surface area contributed by atoms with Crippen molar-refractivity contribution in [3.63, 3.8) is 0 Å². The first-order chi connectivity index (χ1) is 12.7. The molecule has 2 N–H and O–H groups in total. The first-order valence-corrected chi connectivity index (χ1v) is 9.46. The Morgan fingerprint density at radius 1 is 0.926 bits per heavy atom. The molecule has 0 radical (unpaired) electrons. The number of hydrogen-bond donors (Lipinski definition) is 2. The van der Waals surface area contributed by atoms with E-state index in [4.69, 9.17) is 5.11 Å². The third kappa shape index (κ3) is 4.44. The molecule has 0 bridgehead atoms. The summed E-state index contributed by atoms with van der Waals surface area (Å²) in [6.45, 7) is 6.54. The van der Waals surface area contributed by atoms with Crippen LogP contribution in [-0.4, -0.2) is 17.0 Å². The molecule has 0 aliphatic rings. The van der Waals surface area contributed by atoms with Crippen LogP contribution in [0, 0.1) is 0 Å². The van der Waals surface area contributed by atoms with Crippen LogP contribution in [0.4, 0.5) is 5.69 Å². The molecule has 1 aromatic heterocycles. The summed E-state index contributed by atoms with van der Waals surface area (Å²) in [6, 6.07) is 16.4. The topological polar surface area (TPSA) is 66.4 Å². The molecule has 0 saturated heterocycles. The molecular weight excluding hydrogens is 358 g/mol. The van der Waals surface area contributed by atoms with E-state index in [1.807, 2.05) is 11.4 Å². The lowest BCUT2D eigenvalue weighted by molar-refractivity contribution is 0.0696. The fourth-order valence-corrected chi connectivity index (χ4v) is 3.47. The van der Waals surface area contributed by atoms with Crippen LogP contribution in [0.3, 0.4) is 0 Å². The van der Waals surface area contributed by atoms with Crippen molar-refractivity contribution < 1.29 is 14.7 Å². The average molecular weight is 379 g/mol. The molecule has 0 aliphatic heterocycles. The molecule has 3 rings (SSSR count). The highest BCUT2D eigenvalue weighted by atomic mass is 32.1. The van der Waals surface area contributed by atoms with E-state index < -0.39 is 5.97 Å². The fraction of sp³-hybridized carbons (Fsp3) is 0.182. The smallest absolute Gasteiger partial charge is 0.335 e. The number of hydrogen-bond acceptors (Lipinski definition) is 3. The van der Waals surface area contributed by atoms with E-state index in [0.717, 1.165) is 11.1 Å². The van der Waals surface area contributed by atoms with E-state index in [2.05, 4.69) is 50.4 Å². The Hall–Kier alpha value is -2.92. The SMILES string of the molecule is CC(C)(C)c1ccc(-c2csc(C(=O)Nc3ccc(C(=O)O)cc3)c2)cc1. The molecule has 2 aromatic carbocycles. The number of benzene rings is 2. The van der Waals surface area contributed by atoms with E-state index in [1.165, 1.54) is 29.0 Å². The highest BCUT2D eigenvalue weighted by molar-refractivity contribution is 7.12. The van der Waals surface area contributed by atoms with Crippen molar-refractivity contribution in [2.45, 2.75) is 26.2 Å². The molecular formula is C22H21NO3S. The zero-order chi connectivity index (χ0) is 19.6. The van der Waals surface area contributed by atoms with Crippen LogP contribution in [0.15, 0.2) is 60.0 Å². The first kappa shape index (κ1) is 18.9. The summed E-state index contributed by atoms with van der Waals surface area (Å²) in [7, 11) is 0. The van der Waals surface area contributed by atoms with Gasteiger partial charge in [0.25, 0.3) is 5.91 Å². The van der Waals surface area contributed by atoms with Gasteiger partial charge in [0.1, 0.15) is 0 Å². The van der Waals surface area contributed by atoms with Crippen LogP contribution >= 0.6 is 11.3 Å². The molecule has 0 saturated carbocycles. The van der Waals surface area contributed by atoms with Crippen molar-refractivity contribution in [3.8, 4) is 11.1 Å². The molecule has 1 amide bonds. The van der Waals surface area contributed by atoms with Crippen molar-refractivity contribution >= 4 is 28.9 Å². The largest absolute Gasteiger partial charge is 0.478 e. The monoisotopic (exact) mass is 379 g/mol. The van der Waals surface area contributed by atoms with E-state index >= 15 is 0 Å². The fourth-order valence-electron chi connectivity index (χ4n) is 2.66. The zero-order valence-corrected chi connectivity index (χ0v) is 16.3. The lowest BCUT2D eigenvalue weighted by Crippen LogP contribution is -2.10. The van der Waals surface area contributed by atoms with Crippen molar-refractivity contribution in [2.24, 2.45) is 0 Å². The summed E-state index contributed by atoms with van der Waals surface area (Å²) in [4.78, 5) is 23.9. The van der Waals surface area contributed by atoms with Crippen LogP contribution in [0.5, 0.6) is 0 Å². The molecule has 27 heavy (non-hydrogen) atoms.